The number of aromatic carboxylic acids is 1. The zero-order chi connectivity index (χ0) is 21.5. The highest BCUT2D eigenvalue weighted by molar-refractivity contribution is 6.01. The molecule has 7 heteroatoms. The number of carboxylic acid groups (broad SMARTS) is 1. The van der Waals surface area contributed by atoms with Crippen LogP contribution in [0.2, 0.25) is 0 Å². The maximum Gasteiger partial charge on any atom is 0.335 e. The largest absolute Gasteiger partial charge is 0.497 e. The zero-order valence-corrected chi connectivity index (χ0v) is 16.1. The van der Waals surface area contributed by atoms with E-state index in [1.165, 1.54) is 18.2 Å². The molecule has 0 fully saturated rings. The molecule has 0 aliphatic heterocycles. The first-order valence-corrected chi connectivity index (χ1v) is 8.96. The average Bonchev–Trinajstić information content (AvgIpc) is 3.25. The number of carbonyl (C=O) groups is 2. The van der Waals surface area contributed by atoms with E-state index in [2.05, 4.69) is 5.32 Å². The number of nitriles is 1. The van der Waals surface area contributed by atoms with Gasteiger partial charge in [-0.3, -0.25) is 4.79 Å². The number of nitrogens with one attached hydrogen (secondary N) is 1. The summed E-state index contributed by atoms with van der Waals surface area (Å²) in [7, 11) is 1.58. The molecule has 0 saturated heterocycles. The van der Waals surface area contributed by atoms with Gasteiger partial charge in [-0.15, -0.1) is 0 Å². The third-order valence-corrected chi connectivity index (χ3v) is 4.31. The molecule has 1 amide bonds. The van der Waals surface area contributed by atoms with E-state index in [0.29, 0.717) is 22.8 Å². The number of hydrogen-bond acceptors (Lipinski definition) is 5. The van der Waals surface area contributed by atoms with E-state index in [9.17, 15) is 14.9 Å². The van der Waals surface area contributed by atoms with Crippen molar-refractivity contribution >= 4 is 18.0 Å². The summed E-state index contributed by atoms with van der Waals surface area (Å²) >= 11 is 0. The minimum Gasteiger partial charge on any atom is -0.497 e. The van der Waals surface area contributed by atoms with Gasteiger partial charge in [-0.05, 0) is 42.0 Å². The van der Waals surface area contributed by atoms with E-state index in [1.54, 1.807) is 43.5 Å². The lowest BCUT2D eigenvalue weighted by atomic mass is 10.1. The highest BCUT2D eigenvalue weighted by Crippen LogP contribution is 2.24. The van der Waals surface area contributed by atoms with Crippen molar-refractivity contribution in [3.63, 3.8) is 0 Å². The van der Waals surface area contributed by atoms with Crippen LogP contribution < -0.4 is 10.1 Å². The number of hydrogen-bond donors (Lipinski definition) is 2. The van der Waals surface area contributed by atoms with E-state index < -0.39 is 11.9 Å². The Balaban J connectivity index is 1.68. The molecular formula is C23H18N2O5. The van der Waals surface area contributed by atoms with Crippen LogP contribution in [0.4, 0.5) is 0 Å². The highest BCUT2D eigenvalue weighted by Gasteiger charge is 2.11. The Hall–Kier alpha value is -4.31. The molecule has 150 valence electrons. The highest BCUT2D eigenvalue weighted by atomic mass is 16.5. The van der Waals surface area contributed by atoms with Gasteiger partial charge in [0.25, 0.3) is 5.91 Å². The summed E-state index contributed by atoms with van der Waals surface area (Å²) in [6, 6.07) is 18.6. The van der Waals surface area contributed by atoms with E-state index in [-0.39, 0.29) is 17.7 Å². The molecule has 1 heterocycles. The number of amides is 1. The predicted molar refractivity (Wildman–Crippen MR) is 110 cm³/mol. The van der Waals surface area contributed by atoms with Crippen LogP contribution in [0.5, 0.6) is 5.75 Å². The third kappa shape index (κ3) is 4.94. The number of furan rings is 1. The molecule has 3 rings (SSSR count). The Labute approximate surface area is 172 Å². The van der Waals surface area contributed by atoms with Gasteiger partial charge in [0.1, 0.15) is 28.9 Å². The fourth-order valence-corrected chi connectivity index (χ4v) is 2.67. The molecule has 1 aromatic heterocycles. The molecule has 2 aromatic carbocycles. The Morgan fingerprint density at radius 3 is 2.40 bits per heavy atom. The van der Waals surface area contributed by atoms with Gasteiger partial charge < -0.3 is 19.6 Å². The lowest BCUT2D eigenvalue weighted by Crippen LogP contribution is -2.23. The normalized spacial score (nSPS) is 10.9. The first-order chi connectivity index (χ1) is 14.5. The number of carboxylic acids is 1. The fourth-order valence-electron chi connectivity index (χ4n) is 2.67. The maximum atomic E-state index is 12.3. The summed E-state index contributed by atoms with van der Waals surface area (Å²) < 4.78 is 10.8. The monoisotopic (exact) mass is 402 g/mol. The summed E-state index contributed by atoms with van der Waals surface area (Å²) in [5.41, 5.74) is 1.63. The number of rotatable bonds is 7. The number of nitrogens with zero attached hydrogens (tertiary/aromatic N) is 1. The van der Waals surface area contributed by atoms with Gasteiger partial charge in [0.15, 0.2) is 0 Å². The Bertz CT molecular complexity index is 1120. The van der Waals surface area contributed by atoms with Gasteiger partial charge in [0.2, 0.25) is 0 Å². The van der Waals surface area contributed by atoms with Crippen molar-refractivity contribution in [2.45, 2.75) is 6.54 Å². The summed E-state index contributed by atoms with van der Waals surface area (Å²) in [5, 5.41) is 21.0. The van der Waals surface area contributed by atoms with Crippen molar-refractivity contribution in [2.24, 2.45) is 0 Å². The summed E-state index contributed by atoms with van der Waals surface area (Å²) in [6.07, 6.45) is 1.36. The van der Waals surface area contributed by atoms with E-state index in [0.717, 1.165) is 5.56 Å². The van der Waals surface area contributed by atoms with Crippen molar-refractivity contribution in [3.05, 3.63) is 83.1 Å². The Morgan fingerprint density at radius 2 is 1.80 bits per heavy atom. The van der Waals surface area contributed by atoms with Crippen molar-refractivity contribution in [1.29, 1.82) is 5.26 Å². The van der Waals surface area contributed by atoms with Crippen LogP contribution in [0.25, 0.3) is 17.4 Å². The first-order valence-electron chi connectivity index (χ1n) is 8.96. The van der Waals surface area contributed by atoms with Crippen LogP contribution in [0.15, 0.2) is 70.7 Å². The minimum absolute atomic E-state index is 0.0920. The molecule has 2 N–H and O–H groups in total. The molecule has 0 aliphatic rings. The number of benzene rings is 2. The molecule has 0 aliphatic carbocycles. The van der Waals surface area contributed by atoms with Gasteiger partial charge in [0.05, 0.1) is 12.7 Å². The average molecular weight is 402 g/mol. The van der Waals surface area contributed by atoms with Gasteiger partial charge >= 0.3 is 5.97 Å². The van der Waals surface area contributed by atoms with Gasteiger partial charge in [-0.2, -0.15) is 5.26 Å². The summed E-state index contributed by atoms with van der Waals surface area (Å²) in [6.45, 7) is 0.265. The molecule has 0 atom stereocenters. The van der Waals surface area contributed by atoms with Crippen molar-refractivity contribution in [2.75, 3.05) is 7.11 Å². The van der Waals surface area contributed by atoms with Crippen LogP contribution >= 0.6 is 0 Å². The van der Waals surface area contributed by atoms with E-state index in [1.807, 2.05) is 18.2 Å². The van der Waals surface area contributed by atoms with E-state index >= 15 is 0 Å². The molecule has 7 nitrogen and oxygen atoms in total. The lowest BCUT2D eigenvalue weighted by molar-refractivity contribution is -0.117. The Morgan fingerprint density at radius 1 is 1.10 bits per heavy atom. The third-order valence-electron chi connectivity index (χ3n) is 4.31. The van der Waals surface area contributed by atoms with Crippen LogP contribution in [-0.4, -0.2) is 24.1 Å². The smallest absolute Gasteiger partial charge is 0.335 e. The number of ether oxygens (including phenoxy) is 1. The zero-order valence-electron chi connectivity index (χ0n) is 16.1. The van der Waals surface area contributed by atoms with Crippen molar-refractivity contribution in [1.82, 2.24) is 5.32 Å². The van der Waals surface area contributed by atoms with Gasteiger partial charge in [0, 0.05) is 18.2 Å². The summed E-state index contributed by atoms with van der Waals surface area (Å²) in [4.78, 5) is 23.3. The SMILES string of the molecule is COc1ccc(CNC(=O)/C(C#N)=C\c2ccc(-c3ccc(C(=O)O)cc3)o2)cc1. The molecule has 0 saturated carbocycles. The predicted octanol–water partition coefficient (Wildman–Crippen LogP) is 3.88. The van der Waals surface area contributed by atoms with Crippen LogP contribution in [0.3, 0.4) is 0 Å². The molecule has 30 heavy (non-hydrogen) atoms. The van der Waals surface area contributed by atoms with Crippen LogP contribution in [0.1, 0.15) is 21.7 Å². The van der Waals surface area contributed by atoms with Crippen LogP contribution in [0, 0.1) is 11.3 Å². The number of methoxy groups -OCH3 is 1. The molecule has 0 bridgehead atoms. The van der Waals surface area contributed by atoms with Crippen molar-refractivity contribution in [3.8, 4) is 23.1 Å². The molecule has 0 radical (unpaired) electrons. The second-order valence-electron chi connectivity index (χ2n) is 6.29. The summed E-state index contributed by atoms with van der Waals surface area (Å²) in [5.74, 6) is 0.0208. The second-order valence-corrected chi connectivity index (χ2v) is 6.29. The lowest BCUT2D eigenvalue weighted by Gasteiger charge is -2.05. The fraction of sp³-hybridized carbons (Fsp3) is 0.0870. The van der Waals surface area contributed by atoms with Gasteiger partial charge in [-0.1, -0.05) is 24.3 Å². The minimum atomic E-state index is -1.01. The standard InChI is InChI=1S/C23H18N2O5/c1-29-19-8-2-15(3-9-19)14-25-22(26)18(13-24)12-20-10-11-21(30-20)16-4-6-17(7-5-16)23(27)28/h2-12H,14H2,1H3,(H,25,26)(H,27,28)/b18-12-. The molecular weight excluding hydrogens is 384 g/mol. The molecule has 0 spiro atoms. The van der Waals surface area contributed by atoms with Crippen LogP contribution in [-0.2, 0) is 11.3 Å². The van der Waals surface area contributed by atoms with Gasteiger partial charge in [-0.25, -0.2) is 4.79 Å². The topological polar surface area (TPSA) is 113 Å². The molecule has 0 unspecified atom stereocenters. The first kappa shape index (κ1) is 20.4. The second kappa shape index (κ2) is 9.26. The number of carbonyl (C=O) groups excluding carboxylic acids is 1. The molecule has 3 aromatic rings. The Kier molecular flexibility index (Phi) is 6.30. The maximum absolute atomic E-state index is 12.3. The quantitative estimate of drug-likeness (QED) is 0.458. The van der Waals surface area contributed by atoms with Crippen molar-refractivity contribution < 1.29 is 23.8 Å². The van der Waals surface area contributed by atoms with E-state index in [4.69, 9.17) is 14.3 Å².